The van der Waals surface area contributed by atoms with E-state index in [-0.39, 0.29) is 23.0 Å². The Morgan fingerprint density at radius 2 is 1.91 bits per heavy atom. The van der Waals surface area contributed by atoms with Crippen LogP contribution >= 0.6 is 0 Å². The summed E-state index contributed by atoms with van der Waals surface area (Å²) < 4.78 is 19.1. The van der Waals surface area contributed by atoms with E-state index >= 15 is 0 Å². The molecule has 1 aromatic carbocycles. The molecule has 5 nitrogen and oxygen atoms in total. The molecule has 1 atom stereocenters. The summed E-state index contributed by atoms with van der Waals surface area (Å²) in [5.41, 5.74) is 0.239. The lowest BCUT2D eigenvalue weighted by atomic mass is 10.0. The quantitative estimate of drug-likeness (QED) is 0.856. The zero-order chi connectivity index (χ0) is 17.0. The molecule has 0 spiro atoms. The average molecular weight is 319 g/mol. The number of carboxylic acid groups (broad SMARTS) is 1. The van der Waals surface area contributed by atoms with Gasteiger partial charge in [0.25, 0.3) is 5.91 Å². The van der Waals surface area contributed by atoms with Crippen LogP contribution in [0, 0.1) is 11.7 Å². The van der Waals surface area contributed by atoms with E-state index in [4.69, 9.17) is 9.52 Å². The monoisotopic (exact) mass is 319 g/mol. The first-order valence-corrected chi connectivity index (χ1v) is 7.27. The Morgan fingerprint density at radius 3 is 2.52 bits per heavy atom. The Balaban J connectivity index is 2.15. The number of carbonyl (C=O) groups is 2. The van der Waals surface area contributed by atoms with Gasteiger partial charge in [0.1, 0.15) is 17.6 Å². The van der Waals surface area contributed by atoms with Gasteiger partial charge >= 0.3 is 5.97 Å². The molecule has 0 bridgehead atoms. The molecule has 1 aromatic heterocycles. The van der Waals surface area contributed by atoms with Crippen LogP contribution in [0.25, 0.3) is 11.3 Å². The van der Waals surface area contributed by atoms with Crippen molar-refractivity contribution in [2.24, 2.45) is 5.92 Å². The van der Waals surface area contributed by atoms with E-state index in [0.29, 0.717) is 6.42 Å². The summed E-state index contributed by atoms with van der Waals surface area (Å²) in [7, 11) is 0. The second kappa shape index (κ2) is 7.09. The normalized spacial score (nSPS) is 12.2. The van der Waals surface area contributed by atoms with E-state index in [2.05, 4.69) is 5.32 Å². The summed E-state index contributed by atoms with van der Waals surface area (Å²) in [6, 6.07) is 7.92. The van der Waals surface area contributed by atoms with Crippen molar-refractivity contribution < 1.29 is 23.5 Å². The topological polar surface area (TPSA) is 79.5 Å². The first-order valence-electron chi connectivity index (χ1n) is 7.27. The predicted octanol–water partition coefficient (Wildman–Crippen LogP) is 3.31. The Bertz CT molecular complexity index is 708. The van der Waals surface area contributed by atoms with E-state index < -0.39 is 23.7 Å². The van der Waals surface area contributed by atoms with Crippen molar-refractivity contribution in [3.05, 3.63) is 48.0 Å². The molecule has 0 unspecified atom stereocenters. The first-order chi connectivity index (χ1) is 10.9. The third kappa shape index (κ3) is 4.18. The van der Waals surface area contributed by atoms with Gasteiger partial charge in [0.2, 0.25) is 0 Å². The van der Waals surface area contributed by atoms with Gasteiger partial charge in [-0.25, -0.2) is 9.18 Å². The SMILES string of the molecule is CC(C)C[C@@H](NC(=O)c1ccc(-c2ccccc2F)o1)C(=O)O. The number of nitrogens with one attached hydrogen (secondary N) is 1. The molecular weight excluding hydrogens is 301 g/mol. The molecule has 6 heteroatoms. The van der Waals surface area contributed by atoms with Crippen molar-refractivity contribution in [1.29, 1.82) is 0 Å². The number of rotatable bonds is 6. The number of carboxylic acids is 1. The molecule has 0 fully saturated rings. The smallest absolute Gasteiger partial charge is 0.326 e. The number of aliphatic carboxylic acids is 1. The standard InChI is InChI=1S/C17H18FNO4/c1-10(2)9-13(17(21)22)19-16(20)15-8-7-14(23-15)11-5-3-4-6-12(11)18/h3-8,10,13H,9H2,1-2H3,(H,19,20)(H,21,22)/t13-/m1/s1. The van der Waals surface area contributed by atoms with Gasteiger partial charge in [0.15, 0.2) is 5.76 Å². The van der Waals surface area contributed by atoms with Crippen LogP contribution in [0.15, 0.2) is 40.8 Å². The van der Waals surface area contributed by atoms with Crippen molar-refractivity contribution in [2.75, 3.05) is 0 Å². The molecule has 2 N–H and O–H groups in total. The molecule has 1 amide bonds. The second-order valence-electron chi connectivity index (χ2n) is 5.64. The molecule has 2 rings (SSSR count). The fraction of sp³-hybridized carbons (Fsp3) is 0.294. The Labute approximate surface area is 133 Å². The molecule has 0 aliphatic rings. The minimum atomic E-state index is -1.10. The van der Waals surface area contributed by atoms with Gasteiger partial charge < -0.3 is 14.8 Å². The van der Waals surface area contributed by atoms with E-state index in [1.54, 1.807) is 12.1 Å². The van der Waals surface area contributed by atoms with Crippen LogP contribution in [-0.2, 0) is 4.79 Å². The third-order valence-electron chi connectivity index (χ3n) is 3.28. The molecule has 23 heavy (non-hydrogen) atoms. The number of amides is 1. The van der Waals surface area contributed by atoms with E-state index in [1.807, 2.05) is 13.8 Å². The van der Waals surface area contributed by atoms with Crippen molar-refractivity contribution in [3.63, 3.8) is 0 Å². The molecule has 0 radical (unpaired) electrons. The van der Waals surface area contributed by atoms with Gasteiger partial charge in [0.05, 0.1) is 5.56 Å². The number of benzene rings is 1. The van der Waals surface area contributed by atoms with Crippen LogP contribution in [-0.4, -0.2) is 23.0 Å². The van der Waals surface area contributed by atoms with Crippen LogP contribution in [0.1, 0.15) is 30.8 Å². The zero-order valence-electron chi connectivity index (χ0n) is 12.9. The lowest BCUT2D eigenvalue weighted by molar-refractivity contribution is -0.139. The molecular formula is C17H18FNO4. The molecule has 0 aliphatic heterocycles. The largest absolute Gasteiger partial charge is 0.480 e. The average Bonchev–Trinajstić information content (AvgIpc) is 2.96. The number of hydrogen-bond acceptors (Lipinski definition) is 3. The highest BCUT2D eigenvalue weighted by molar-refractivity contribution is 5.94. The number of hydrogen-bond donors (Lipinski definition) is 2. The summed E-state index contributed by atoms with van der Waals surface area (Å²) in [5, 5.41) is 11.6. The van der Waals surface area contributed by atoms with Crippen LogP contribution in [0.5, 0.6) is 0 Å². The first kappa shape index (κ1) is 16.7. The van der Waals surface area contributed by atoms with Gasteiger partial charge in [0, 0.05) is 0 Å². The predicted molar refractivity (Wildman–Crippen MR) is 82.4 cm³/mol. The molecule has 0 saturated carbocycles. The van der Waals surface area contributed by atoms with Crippen molar-refractivity contribution in [2.45, 2.75) is 26.3 Å². The molecule has 0 saturated heterocycles. The summed E-state index contributed by atoms with van der Waals surface area (Å²) in [5.74, 6) is -1.94. The fourth-order valence-electron chi connectivity index (χ4n) is 2.19. The number of furan rings is 1. The molecule has 2 aromatic rings. The van der Waals surface area contributed by atoms with Crippen LogP contribution < -0.4 is 5.32 Å². The molecule has 1 heterocycles. The van der Waals surface area contributed by atoms with E-state index in [1.165, 1.54) is 24.3 Å². The van der Waals surface area contributed by atoms with Gasteiger partial charge in [-0.1, -0.05) is 26.0 Å². The van der Waals surface area contributed by atoms with Gasteiger partial charge in [-0.05, 0) is 36.6 Å². The van der Waals surface area contributed by atoms with Crippen LogP contribution in [0.2, 0.25) is 0 Å². The third-order valence-corrected chi connectivity index (χ3v) is 3.28. The van der Waals surface area contributed by atoms with Crippen molar-refractivity contribution in [3.8, 4) is 11.3 Å². The maximum Gasteiger partial charge on any atom is 0.326 e. The Hall–Kier alpha value is -2.63. The maximum atomic E-state index is 13.7. The minimum absolute atomic E-state index is 0.0572. The summed E-state index contributed by atoms with van der Waals surface area (Å²) in [6.07, 6.45) is 0.307. The van der Waals surface area contributed by atoms with E-state index in [0.717, 1.165) is 0 Å². The van der Waals surface area contributed by atoms with Gasteiger partial charge in [-0.2, -0.15) is 0 Å². The maximum absolute atomic E-state index is 13.7. The number of halogens is 1. The zero-order valence-corrected chi connectivity index (χ0v) is 12.9. The van der Waals surface area contributed by atoms with Gasteiger partial charge in [-0.15, -0.1) is 0 Å². The summed E-state index contributed by atoms with van der Waals surface area (Å²) in [4.78, 5) is 23.3. The van der Waals surface area contributed by atoms with Crippen LogP contribution in [0.4, 0.5) is 4.39 Å². The highest BCUT2D eigenvalue weighted by atomic mass is 19.1. The lowest BCUT2D eigenvalue weighted by Crippen LogP contribution is -2.41. The van der Waals surface area contributed by atoms with Crippen molar-refractivity contribution >= 4 is 11.9 Å². The van der Waals surface area contributed by atoms with Crippen LogP contribution in [0.3, 0.4) is 0 Å². The van der Waals surface area contributed by atoms with Crippen molar-refractivity contribution in [1.82, 2.24) is 5.32 Å². The minimum Gasteiger partial charge on any atom is -0.480 e. The summed E-state index contributed by atoms with van der Waals surface area (Å²) in [6.45, 7) is 3.73. The van der Waals surface area contributed by atoms with Gasteiger partial charge in [-0.3, -0.25) is 4.79 Å². The highest BCUT2D eigenvalue weighted by Crippen LogP contribution is 2.24. The molecule has 122 valence electrons. The van der Waals surface area contributed by atoms with E-state index in [9.17, 15) is 14.0 Å². The number of carbonyl (C=O) groups excluding carboxylic acids is 1. The second-order valence-corrected chi connectivity index (χ2v) is 5.64. The Morgan fingerprint density at radius 1 is 1.22 bits per heavy atom. The Kier molecular flexibility index (Phi) is 5.16. The fourth-order valence-corrected chi connectivity index (χ4v) is 2.19. The lowest BCUT2D eigenvalue weighted by Gasteiger charge is -2.15. The highest BCUT2D eigenvalue weighted by Gasteiger charge is 2.23. The summed E-state index contributed by atoms with van der Waals surface area (Å²) >= 11 is 0. The molecule has 0 aliphatic carbocycles.